The molecule has 0 saturated carbocycles. The van der Waals surface area contributed by atoms with Crippen molar-refractivity contribution in [3.05, 3.63) is 35.9 Å². The van der Waals surface area contributed by atoms with E-state index in [9.17, 15) is 4.79 Å². The van der Waals surface area contributed by atoms with Gasteiger partial charge < -0.3 is 18.9 Å². The summed E-state index contributed by atoms with van der Waals surface area (Å²) in [4.78, 5) is 14.0. The molecular weight excluding hydrogens is 341 g/mol. The molecule has 1 aliphatic rings. The molecule has 0 unspecified atom stereocenters. The van der Waals surface area contributed by atoms with Crippen molar-refractivity contribution in [3.8, 4) is 0 Å². The highest BCUT2D eigenvalue weighted by atomic mass is 16.7. The number of hydrogen-bond acceptors (Lipinski definition) is 4. The van der Waals surface area contributed by atoms with E-state index < -0.39 is 5.60 Å². The summed E-state index contributed by atoms with van der Waals surface area (Å²) in [7, 11) is 1.46. The molecule has 0 spiro atoms. The Balaban J connectivity index is 2.13. The fraction of sp³-hybridized carbons (Fsp3) is 0.667. The lowest BCUT2D eigenvalue weighted by Crippen LogP contribution is -2.41. The molecular formula is C21H34BNO4. The highest BCUT2D eigenvalue weighted by Gasteiger charge is 2.51. The Hall–Kier alpha value is -1.53. The van der Waals surface area contributed by atoms with Crippen molar-refractivity contribution in [3.63, 3.8) is 0 Å². The average Bonchev–Trinajstić information content (AvgIpc) is 2.72. The third kappa shape index (κ3) is 5.72. The number of ether oxygens (including phenoxy) is 1. The summed E-state index contributed by atoms with van der Waals surface area (Å²) in [5.74, 6) is 0.0819. The zero-order valence-electron chi connectivity index (χ0n) is 18.0. The lowest BCUT2D eigenvalue weighted by atomic mass is 9.74. The molecule has 0 radical (unpaired) electrons. The third-order valence-electron chi connectivity index (χ3n) is 5.25. The molecule has 0 aliphatic carbocycles. The van der Waals surface area contributed by atoms with Crippen LogP contribution in [0.3, 0.4) is 0 Å². The number of likely N-dealkylation sites (N-methyl/N-ethyl adjacent to an activating group) is 1. The molecule has 0 aromatic heterocycles. The number of benzene rings is 1. The largest absolute Gasteiger partial charge is 0.458 e. The molecule has 1 atom stereocenters. The lowest BCUT2D eigenvalue weighted by Gasteiger charge is -2.32. The van der Waals surface area contributed by atoms with E-state index in [1.54, 1.807) is 11.9 Å². The molecule has 1 saturated heterocycles. The summed E-state index contributed by atoms with van der Waals surface area (Å²) in [6.07, 6.45) is 0.349. The summed E-state index contributed by atoms with van der Waals surface area (Å²) < 4.78 is 17.9. The molecule has 1 heterocycles. The Morgan fingerprint density at radius 3 is 2.11 bits per heavy atom. The minimum atomic E-state index is -0.515. The topological polar surface area (TPSA) is 48.0 Å². The highest BCUT2D eigenvalue weighted by molar-refractivity contribution is 6.45. The molecule has 1 aromatic carbocycles. The van der Waals surface area contributed by atoms with E-state index in [1.807, 2.05) is 39.0 Å². The van der Waals surface area contributed by atoms with Gasteiger partial charge in [-0.1, -0.05) is 30.3 Å². The van der Waals surface area contributed by atoms with Crippen LogP contribution >= 0.6 is 0 Å². The maximum Gasteiger partial charge on any atom is 0.458 e. The third-order valence-corrected chi connectivity index (χ3v) is 5.25. The summed E-state index contributed by atoms with van der Waals surface area (Å²) >= 11 is 0. The van der Waals surface area contributed by atoms with Crippen LogP contribution < -0.4 is 0 Å². The Kier molecular flexibility index (Phi) is 6.32. The van der Waals surface area contributed by atoms with Gasteiger partial charge in [0.1, 0.15) is 5.60 Å². The maximum absolute atomic E-state index is 12.4. The van der Waals surface area contributed by atoms with Gasteiger partial charge >= 0.3 is 13.2 Å². The van der Waals surface area contributed by atoms with Gasteiger partial charge in [0.2, 0.25) is 0 Å². The van der Waals surface area contributed by atoms with Crippen LogP contribution in [0.5, 0.6) is 0 Å². The smallest absolute Gasteiger partial charge is 0.444 e. The van der Waals surface area contributed by atoms with Crippen LogP contribution in [0.4, 0.5) is 4.79 Å². The standard InChI is InChI=1S/C21H34BNO4/c1-19(2,3)25-18(24)23(8)15-17(16-12-10-9-11-13-16)14-22-26-20(4,5)21(6,7)27-22/h9-13,17H,14-15H2,1-8H3/t17-/m1/s1. The number of carbonyl (C=O) groups is 1. The summed E-state index contributed by atoms with van der Waals surface area (Å²) in [5, 5.41) is 0. The van der Waals surface area contributed by atoms with Crippen LogP contribution in [-0.2, 0) is 14.0 Å². The van der Waals surface area contributed by atoms with Gasteiger partial charge in [0, 0.05) is 19.5 Å². The quantitative estimate of drug-likeness (QED) is 0.698. The Bertz CT molecular complexity index is 623. The first-order chi connectivity index (χ1) is 12.3. The Morgan fingerprint density at radius 2 is 1.63 bits per heavy atom. The molecule has 0 bridgehead atoms. The van der Waals surface area contributed by atoms with Gasteiger partial charge in [0.05, 0.1) is 11.2 Å². The normalized spacial score (nSPS) is 19.6. The molecule has 2 rings (SSSR count). The van der Waals surface area contributed by atoms with Crippen molar-refractivity contribution in [1.82, 2.24) is 4.90 Å². The maximum atomic E-state index is 12.4. The number of amides is 1. The van der Waals surface area contributed by atoms with Gasteiger partial charge in [-0.25, -0.2) is 4.79 Å². The molecule has 6 heteroatoms. The van der Waals surface area contributed by atoms with Crippen molar-refractivity contribution < 1.29 is 18.8 Å². The minimum absolute atomic E-state index is 0.0819. The van der Waals surface area contributed by atoms with Crippen molar-refractivity contribution >= 4 is 13.2 Å². The van der Waals surface area contributed by atoms with E-state index in [2.05, 4.69) is 39.8 Å². The Labute approximate surface area is 164 Å². The van der Waals surface area contributed by atoms with Crippen LogP contribution in [0.15, 0.2) is 30.3 Å². The molecule has 150 valence electrons. The fourth-order valence-electron chi connectivity index (χ4n) is 3.08. The van der Waals surface area contributed by atoms with E-state index in [1.165, 1.54) is 0 Å². The van der Waals surface area contributed by atoms with Crippen molar-refractivity contribution in [2.45, 2.75) is 77.5 Å². The van der Waals surface area contributed by atoms with E-state index in [0.29, 0.717) is 12.9 Å². The van der Waals surface area contributed by atoms with Gasteiger partial charge in [-0.3, -0.25) is 0 Å². The van der Waals surface area contributed by atoms with Crippen LogP contribution in [0.25, 0.3) is 0 Å². The summed E-state index contributed by atoms with van der Waals surface area (Å²) in [5.41, 5.74) is -0.0896. The van der Waals surface area contributed by atoms with E-state index in [-0.39, 0.29) is 30.3 Å². The van der Waals surface area contributed by atoms with Gasteiger partial charge in [0.25, 0.3) is 0 Å². The highest BCUT2D eigenvalue weighted by Crippen LogP contribution is 2.39. The van der Waals surface area contributed by atoms with Gasteiger partial charge in [-0.2, -0.15) is 0 Å². The lowest BCUT2D eigenvalue weighted by molar-refractivity contribution is 0.00578. The predicted octanol–water partition coefficient (Wildman–Crippen LogP) is 4.73. The first-order valence-electron chi connectivity index (χ1n) is 9.65. The Morgan fingerprint density at radius 1 is 1.11 bits per heavy atom. The van der Waals surface area contributed by atoms with Crippen LogP contribution in [0, 0.1) is 0 Å². The van der Waals surface area contributed by atoms with Crippen molar-refractivity contribution in [2.24, 2.45) is 0 Å². The molecule has 27 heavy (non-hydrogen) atoms. The minimum Gasteiger partial charge on any atom is -0.444 e. The summed E-state index contributed by atoms with van der Waals surface area (Å²) in [6, 6.07) is 10.2. The molecule has 1 aliphatic heterocycles. The molecule has 1 amide bonds. The number of carbonyl (C=O) groups excluding carboxylic acids is 1. The number of hydrogen-bond donors (Lipinski definition) is 0. The van der Waals surface area contributed by atoms with Gasteiger partial charge in [-0.05, 0) is 60.3 Å². The van der Waals surface area contributed by atoms with Crippen LogP contribution in [-0.4, -0.2) is 48.5 Å². The zero-order chi connectivity index (χ0) is 20.5. The van der Waals surface area contributed by atoms with Crippen molar-refractivity contribution in [2.75, 3.05) is 13.6 Å². The van der Waals surface area contributed by atoms with E-state index in [4.69, 9.17) is 14.0 Å². The monoisotopic (exact) mass is 375 g/mol. The average molecular weight is 375 g/mol. The van der Waals surface area contributed by atoms with Crippen molar-refractivity contribution in [1.29, 1.82) is 0 Å². The summed E-state index contributed by atoms with van der Waals surface area (Å²) in [6.45, 7) is 14.4. The molecule has 5 nitrogen and oxygen atoms in total. The fourth-order valence-corrected chi connectivity index (χ4v) is 3.08. The molecule has 0 N–H and O–H groups in total. The van der Waals surface area contributed by atoms with E-state index in [0.717, 1.165) is 5.56 Å². The van der Waals surface area contributed by atoms with Crippen LogP contribution in [0.2, 0.25) is 6.32 Å². The number of nitrogens with zero attached hydrogens (tertiary/aromatic N) is 1. The second kappa shape index (κ2) is 7.84. The SMILES string of the molecule is CN(C[C@@H](CB1OC(C)(C)C(C)(C)O1)c1ccccc1)C(=O)OC(C)(C)C. The first-order valence-corrected chi connectivity index (χ1v) is 9.65. The van der Waals surface area contributed by atoms with E-state index >= 15 is 0 Å². The van der Waals surface area contributed by atoms with Crippen LogP contribution in [0.1, 0.15) is 59.9 Å². The molecule has 1 aromatic rings. The molecule has 1 fully saturated rings. The predicted molar refractivity (Wildman–Crippen MR) is 109 cm³/mol. The van der Waals surface area contributed by atoms with Gasteiger partial charge in [-0.15, -0.1) is 0 Å². The zero-order valence-corrected chi connectivity index (χ0v) is 18.0. The van der Waals surface area contributed by atoms with Gasteiger partial charge in [0.15, 0.2) is 0 Å². The second-order valence-corrected chi connectivity index (χ2v) is 9.39. The first kappa shape index (κ1) is 21.8. The number of rotatable bonds is 5. The second-order valence-electron chi connectivity index (χ2n) is 9.39.